The number of benzene rings is 1. The van der Waals surface area contributed by atoms with Crippen molar-refractivity contribution in [3.8, 4) is 5.69 Å². The number of rotatable bonds is 5. The van der Waals surface area contributed by atoms with Gasteiger partial charge in [0.1, 0.15) is 0 Å². The Morgan fingerprint density at radius 2 is 2.17 bits per heavy atom. The monoisotopic (exact) mass is 335 g/mol. The van der Waals surface area contributed by atoms with Gasteiger partial charge in [-0.05, 0) is 38.4 Å². The first kappa shape index (κ1) is 17.4. The number of nitrogens with zero attached hydrogens (tertiary/aromatic N) is 3. The molecule has 1 atom stereocenters. The summed E-state index contributed by atoms with van der Waals surface area (Å²) >= 11 is 0. The third kappa shape index (κ3) is 4.30. The molecule has 7 heteroatoms. The van der Waals surface area contributed by atoms with E-state index in [1.165, 1.54) is 6.42 Å². The maximum Gasteiger partial charge on any atom is 0.226 e. The van der Waals surface area contributed by atoms with Crippen molar-refractivity contribution in [3.63, 3.8) is 0 Å². The number of nitrogens with one attached hydrogen (secondary N) is 2. The highest BCUT2D eigenvalue weighted by Crippen LogP contribution is 2.12. The molecule has 0 radical (unpaired) electrons. The number of halogens is 1. The lowest BCUT2D eigenvalue weighted by Crippen LogP contribution is -2.37. The number of para-hydroxylation sites is 1. The van der Waals surface area contributed by atoms with Gasteiger partial charge in [0.25, 0.3) is 0 Å². The maximum absolute atomic E-state index is 12.1. The van der Waals surface area contributed by atoms with Gasteiger partial charge in [0.15, 0.2) is 0 Å². The highest BCUT2D eigenvalue weighted by Gasteiger charge is 2.17. The van der Waals surface area contributed by atoms with Gasteiger partial charge in [0.05, 0.1) is 23.5 Å². The van der Waals surface area contributed by atoms with Gasteiger partial charge in [0, 0.05) is 12.6 Å². The molecule has 0 spiro atoms. The van der Waals surface area contributed by atoms with Crippen molar-refractivity contribution < 1.29 is 4.79 Å². The SMILES string of the molecule is Cc1c(CC(=O)NCC2CCCN2)nnn1-c1ccccc1.Cl. The van der Waals surface area contributed by atoms with E-state index < -0.39 is 0 Å². The van der Waals surface area contributed by atoms with Crippen LogP contribution in [0.4, 0.5) is 0 Å². The fraction of sp³-hybridized carbons (Fsp3) is 0.438. The normalized spacial score (nSPS) is 16.8. The van der Waals surface area contributed by atoms with E-state index in [0.717, 1.165) is 30.0 Å². The van der Waals surface area contributed by atoms with Crippen LogP contribution in [0.25, 0.3) is 5.69 Å². The number of hydrogen-bond acceptors (Lipinski definition) is 4. The molecule has 1 aromatic heterocycles. The maximum atomic E-state index is 12.1. The van der Waals surface area contributed by atoms with Crippen LogP contribution in [-0.2, 0) is 11.2 Å². The Bertz CT molecular complexity index is 637. The smallest absolute Gasteiger partial charge is 0.226 e. The van der Waals surface area contributed by atoms with Crippen molar-refractivity contribution in [2.45, 2.75) is 32.2 Å². The topological polar surface area (TPSA) is 71.8 Å². The second-order valence-corrected chi connectivity index (χ2v) is 5.64. The van der Waals surface area contributed by atoms with Crippen molar-refractivity contribution in [1.29, 1.82) is 0 Å². The van der Waals surface area contributed by atoms with Gasteiger partial charge in [-0.25, -0.2) is 4.68 Å². The van der Waals surface area contributed by atoms with Gasteiger partial charge in [-0.2, -0.15) is 0 Å². The lowest BCUT2D eigenvalue weighted by molar-refractivity contribution is -0.120. The van der Waals surface area contributed by atoms with Crippen LogP contribution in [-0.4, -0.2) is 40.0 Å². The summed E-state index contributed by atoms with van der Waals surface area (Å²) in [5, 5.41) is 14.6. The van der Waals surface area contributed by atoms with Crippen LogP contribution in [0, 0.1) is 6.92 Å². The van der Waals surface area contributed by atoms with E-state index in [1.807, 2.05) is 37.3 Å². The minimum atomic E-state index is -0.00286. The van der Waals surface area contributed by atoms with E-state index in [2.05, 4.69) is 20.9 Å². The fourth-order valence-electron chi connectivity index (χ4n) is 2.72. The molecule has 23 heavy (non-hydrogen) atoms. The van der Waals surface area contributed by atoms with Crippen molar-refractivity contribution >= 4 is 18.3 Å². The zero-order chi connectivity index (χ0) is 15.4. The van der Waals surface area contributed by atoms with Crippen LogP contribution in [0.3, 0.4) is 0 Å². The van der Waals surface area contributed by atoms with Crippen LogP contribution in [0.1, 0.15) is 24.2 Å². The molecule has 0 bridgehead atoms. The minimum Gasteiger partial charge on any atom is -0.354 e. The predicted molar refractivity (Wildman–Crippen MR) is 91.1 cm³/mol. The Labute approximate surface area is 142 Å². The molecule has 2 aromatic rings. The molecule has 6 nitrogen and oxygen atoms in total. The van der Waals surface area contributed by atoms with Gasteiger partial charge >= 0.3 is 0 Å². The fourth-order valence-corrected chi connectivity index (χ4v) is 2.72. The number of aromatic nitrogens is 3. The first-order valence-corrected chi connectivity index (χ1v) is 7.71. The molecular formula is C16H22ClN5O. The van der Waals surface area contributed by atoms with Gasteiger partial charge in [-0.3, -0.25) is 4.79 Å². The zero-order valence-corrected chi connectivity index (χ0v) is 14.0. The lowest BCUT2D eigenvalue weighted by Gasteiger charge is -2.11. The van der Waals surface area contributed by atoms with E-state index in [-0.39, 0.29) is 24.7 Å². The van der Waals surface area contributed by atoms with Crippen LogP contribution in [0.15, 0.2) is 30.3 Å². The second kappa shape index (κ2) is 8.08. The van der Waals surface area contributed by atoms with E-state index in [1.54, 1.807) is 4.68 Å². The Hall–Kier alpha value is -1.92. The summed E-state index contributed by atoms with van der Waals surface area (Å²) in [4.78, 5) is 12.1. The first-order chi connectivity index (χ1) is 10.7. The van der Waals surface area contributed by atoms with Gasteiger partial charge in [0.2, 0.25) is 5.91 Å². The molecule has 2 N–H and O–H groups in total. The molecule has 3 rings (SSSR count). The van der Waals surface area contributed by atoms with E-state index in [4.69, 9.17) is 0 Å². The number of hydrogen-bond donors (Lipinski definition) is 2. The molecule has 1 fully saturated rings. The molecular weight excluding hydrogens is 314 g/mol. The van der Waals surface area contributed by atoms with E-state index in [9.17, 15) is 4.79 Å². The Morgan fingerprint density at radius 1 is 1.39 bits per heavy atom. The molecule has 1 aliphatic heterocycles. The minimum absolute atomic E-state index is 0. The summed E-state index contributed by atoms with van der Waals surface area (Å²) in [5.41, 5.74) is 2.58. The molecule has 1 amide bonds. The quantitative estimate of drug-likeness (QED) is 0.866. The molecule has 1 aliphatic rings. The van der Waals surface area contributed by atoms with E-state index >= 15 is 0 Å². The average Bonchev–Trinajstić information content (AvgIpc) is 3.17. The summed E-state index contributed by atoms with van der Waals surface area (Å²) in [6.07, 6.45) is 2.58. The van der Waals surface area contributed by atoms with Crippen LogP contribution < -0.4 is 10.6 Å². The highest BCUT2D eigenvalue weighted by atomic mass is 35.5. The van der Waals surface area contributed by atoms with Gasteiger partial charge in [-0.15, -0.1) is 17.5 Å². The Balaban J connectivity index is 0.00000192. The molecule has 2 heterocycles. The van der Waals surface area contributed by atoms with Crippen LogP contribution in [0.2, 0.25) is 0 Å². The van der Waals surface area contributed by atoms with Gasteiger partial charge in [-0.1, -0.05) is 23.4 Å². The summed E-state index contributed by atoms with van der Waals surface area (Å²) in [5.74, 6) is -0.00286. The number of carbonyl (C=O) groups excluding carboxylic acids is 1. The largest absolute Gasteiger partial charge is 0.354 e. The standard InChI is InChI=1S/C16H21N5O.ClH/c1-12-15(10-16(22)18-11-13-6-5-9-17-13)19-20-21(12)14-7-3-2-4-8-14;/h2-4,7-8,13,17H,5-6,9-11H2,1H3,(H,18,22);1H. The van der Waals surface area contributed by atoms with Gasteiger partial charge < -0.3 is 10.6 Å². The summed E-state index contributed by atoms with van der Waals surface area (Å²) in [7, 11) is 0. The zero-order valence-electron chi connectivity index (χ0n) is 13.2. The van der Waals surface area contributed by atoms with Crippen molar-refractivity contribution in [1.82, 2.24) is 25.6 Å². The van der Waals surface area contributed by atoms with E-state index in [0.29, 0.717) is 12.6 Å². The van der Waals surface area contributed by atoms with Crippen LogP contribution in [0.5, 0.6) is 0 Å². The number of carbonyl (C=O) groups is 1. The average molecular weight is 336 g/mol. The first-order valence-electron chi connectivity index (χ1n) is 7.71. The predicted octanol–water partition coefficient (Wildman–Crippen LogP) is 1.41. The molecule has 124 valence electrons. The van der Waals surface area contributed by atoms with Crippen molar-refractivity contribution in [2.75, 3.05) is 13.1 Å². The van der Waals surface area contributed by atoms with Crippen LogP contribution >= 0.6 is 12.4 Å². The lowest BCUT2D eigenvalue weighted by atomic mass is 10.2. The second-order valence-electron chi connectivity index (χ2n) is 5.64. The summed E-state index contributed by atoms with van der Waals surface area (Å²) in [6.45, 7) is 3.67. The molecule has 0 aliphatic carbocycles. The molecule has 1 aromatic carbocycles. The van der Waals surface area contributed by atoms with Crippen molar-refractivity contribution in [2.24, 2.45) is 0 Å². The molecule has 0 saturated carbocycles. The molecule has 1 saturated heterocycles. The van der Waals surface area contributed by atoms with Crippen molar-refractivity contribution in [3.05, 3.63) is 41.7 Å². The molecule has 1 unspecified atom stereocenters. The Morgan fingerprint density at radius 3 is 2.87 bits per heavy atom. The third-order valence-corrected chi connectivity index (χ3v) is 4.03. The summed E-state index contributed by atoms with van der Waals surface area (Å²) in [6, 6.07) is 10.2. The number of amides is 1. The third-order valence-electron chi connectivity index (χ3n) is 4.03. The summed E-state index contributed by atoms with van der Waals surface area (Å²) < 4.78 is 1.77. The Kier molecular flexibility index (Phi) is 6.12. The highest BCUT2D eigenvalue weighted by molar-refractivity contribution is 5.85.